The predicted octanol–water partition coefficient (Wildman–Crippen LogP) is 7.72. The van der Waals surface area contributed by atoms with Crippen molar-refractivity contribution in [2.75, 3.05) is 11.9 Å². The number of nitrogens with one attached hydrogen (secondary N) is 1. The van der Waals surface area contributed by atoms with E-state index >= 15 is 0 Å². The summed E-state index contributed by atoms with van der Waals surface area (Å²) >= 11 is 1.42. The Balaban J connectivity index is 1.69. The minimum absolute atomic E-state index is 0.367. The summed E-state index contributed by atoms with van der Waals surface area (Å²) in [6.07, 6.45) is 6.83. The van der Waals surface area contributed by atoms with Crippen LogP contribution in [0, 0.1) is 17.2 Å². The number of nitriles is 1. The van der Waals surface area contributed by atoms with Gasteiger partial charge >= 0.3 is 5.97 Å². The van der Waals surface area contributed by atoms with E-state index < -0.39 is 0 Å². The first-order valence-electron chi connectivity index (χ1n) is 12.2. The van der Waals surface area contributed by atoms with Gasteiger partial charge in [-0.15, -0.1) is 11.3 Å². The lowest BCUT2D eigenvalue weighted by Gasteiger charge is -2.09. The summed E-state index contributed by atoms with van der Waals surface area (Å²) in [5.74, 6) is 0.245. The molecule has 0 fully saturated rings. The van der Waals surface area contributed by atoms with E-state index in [1.165, 1.54) is 16.9 Å². The summed E-state index contributed by atoms with van der Waals surface area (Å²) in [6.45, 7) is 6.97. The van der Waals surface area contributed by atoms with Crippen molar-refractivity contribution in [2.24, 2.45) is 5.92 Å². The number of allylic oxidation sites excluding steroid dienone is 1. The second-order valence-corrected chi connectivity index (χ2v) is 9.75. The molecule has 1 N–H and O–H groups in total. The third-order valence-corrected chi connectivity index (χ3v) is 6.37. The maximum Gasteiger partial charge on any atom is 0.340 e. The lowest BCUT2D eigenvalue weighted by atomic mass is 10.0. The SMILES string of the molecule is CCCCCCOC(=O)c1ccccc1N/C=C(\C#N)c1nc(-c2ccc(CC(C)C)cc2)cs1. The molecule has 0 bridgehead atoms. The first-order valence-corrected chi connectivity index (χ1v) is 13.1. The van der Waals surface area contributed by atoms with Gasteiger partial charge in [0.2, 0.25) is 0 Å². The topological polar surface area (TPSA) is 75.0 Å². The summed E-state index contributed by atoms with van der Waals surface area (Å²) in [4.78, 5) is 17.2. The Morgan fingerprint density at radius 3 is 2.63 bits per heavy atom. The Morgan fingerprint density at radius 2 is 1.91 bits per heavy atom. The fraction of sp³-hybridized carbons (Fsp3) is 0.345. The minimum atomic E-state index is -0.367. The summed E-state index contributed by atoms with van der Waals surface area (Å²) in [5.41, 5.74) is 4.61. The van der Waals surface area contributed by atoms with Crippen molar-refractivity contribution in [1.29, 1.82) is 5.26 Å². The molecule has 1 aromatic heterocycles. The number of rotatable bonds is 12. The number of aromatic nitrogens is 1. The number of benzene rings is 2. The Kier molecular flexibility index (Phi) is 10.1. The van der Waals surface area contributed by atoms with Crippen molar-refractivity contribution < 1.29 is 9.53 Å². The zero-order valence-corrected chi connectivity index (χ0v) is 21.5. The normalized spacial score (nSPS) is 11.3. The number of thiazole rings is 1. The molecule has 6 heteroatoms. The van der Waals surface area contributed by atoms with Gasteiger partial charge in [0, 0.05) is 17.1 Å². The maximum atomic E-state index is 12.6. The highest BCUT2D eigenvalue weighted by Crippen LogP contribution is 2.27. The minimum Gasteiger partial charge on any atom is -0.462 e. The third-order valence-electron chi connectivity index (χ3n) is 5.50. The van der Waals surface area contributed by atoms with E-state index in [0.29, 0.717) is 34.4 Å². The molecule has 0 unspecified atom stereocenters. The van der Waals surface area contributed by atoms with Gasteiger partial charge in [0.1, 0.15) is 16.6 Å². The predicted molar refractivity (Wildman–Crippen MR) is 144 cm³/mol. The first-order chi connectivity index (χ1) is 17.0. The number of carbonyl (C=O) groups is 1. The van der Waals surface area contributed by atoms with Crippen LogP contribution < -0.4 is 5.32 Å². The lowest BCUT2D eigenvalue weighted by Crippen LogP contribution is -2.09. The highest BCUT2D eigenvalue weighted by molar-refractivity contribution is 7.11. The van der Waals surface area contributed by atoms with Gasteiger partial charge in [-0.3, -0.25) is 0 Å². The molecule has 3 aromatic rings. The second kappa shape index (κ2) is 13.5. The van der Waals surface area contributed by atoms with E-state index in [-0.39, 0.29) is 5.97 Å². The van der Waals surface area contributed by atoms with Gasteiger partial charge in [-0.1, -0.05) is 76.4 Å². The molecule has 0 saturated heterocycles. The van der Waals surface area contributed by atoms with Gasteiger partial charge in [0.25, 0.3) is 0 Å². The van der Waals surface area contributed by atoms with Crippen LogP contribution in [0.2, 0.25) is 0 Å². The average Bonchev–Trinajstić information content (AvgIpc) is 3.34. The molecule has 0 atom stereocenters. The fourth-order valence-electron chi connectivity index (χ4n) is 3.66. The number of nitrogens with zero attached hydrogens (tertiary/aromatic N) is 2. The average molecular weight is 488 g/mol. The van der Waals surface area contributed by atoms with Crippen molar-refractivity contribution in [3.05, 3.63) is 76.2 Å². The third kappa shape index (κ3) is 7.80. The van der Waals surface area contributed by atoms with Crippen LogP contribution in [0.3, 0.4) is 0 Å². The number of carbonyl (C=O) groups excluding carboxylic acids is 1. The molecular weight excluding hydrogens is 454 g/mol. The zero-order valence-electron chi connectivity index (χ0n) is 20.7. The van der Waals surface area contributed by atoms with Gasteiger partial charge < -0.3 is 10.1 Å². The number of para-hydroxylation sites is 1. The zero-order chi connectivity index (χ0) is 25.0. The fourth-order valence-corrected chi connectivity index (χ4v) is 4.46. The smallest absolute Gasteiger partial charge is 0.340 e. The standard InChI is InChI=1S/C29H33N3O2S/c1-4-5-6-9-16-34-29(33)25-10-7-8-11-26(25)31-19-24(18-30)28-32-27(20-35-28)23-14-12-22(13-15-23)17-21(2)3/h7-8,10-15,19-21,31H,4-6,9,16-17H2,1-3H3/b24-19+. The van der Waals surface area contributed by atoms with Crippen molar-refractivity contribution in [1.82, 2.24) is 4.98 Å². The van der Waals surface area contributed by atoms with Crippen LogP contribution in [-0.4, -0.2) is 17.6 Å². The van der Waals surface area contributed by atoms with E-state index in [2.05, 4.69) is 61.4 Å². The monoisotopic (exact) mass is 487 g/mol. The number of esters is 1. The van der Waals surface area contributed by atoms with Gasteiger partial charge in [-0.05, 0) is 36.5 Å². The van der Waals surface area contributed by atoms with E-state index in [1.54, 1.807) is 24.4 Å². The Morgan fingerprint density at radius 1 is 1.14 bits per heavy atom. The number of hydrogen-bond donors (Lipinski definition) is 1. The van der Waals surface area contributed by atoms with Gasteiger partial charge in [-0.25, -0.2) is 9.78 Å². The van der Waals surface area contributed by atoms with E-state index in [9.17, 15) is 10.1 Å². The van der Waals surface area contributed by atoms with Crippen LogP contribution in [-0.2, 0) is 11.2 Å². The number of ether oxygens (including phenoxy) is 1. The van der Waals surface area contributed by atoms with Crippen molar-refractivity contribution in [3.63, 3.8) is 0 Å². The van der Waals surface area contributed by atoms with E-state index in [1.807, 2.05) is 11.4 Å². The Hall–Kier alpha value is -3.43. The molecule has 0 amide bonds. The summed E-state index contributed by atoms with van der Waals surface area (Å²) < 4.78 is 5.44. The van der Waals surface area contributed by atoms with Gasteiger partial charge in [0.05, 0.1) is 23.6 Å². The van der Waals surface area contributed by atoms with Crippen LogP contribution >= 0.6 is 11.3 Å². The van der Waals surface area contributed by atoms with Crippen LogP contribution in [0.15, 0.2) is 60.1 Å². The molecule has 0 aliphatic rings. The summed E-state index contributed by atoms with van der Waals surface area (Å²) in [5, 5.41) is 15.4. The maximum absolute atomic E-state index is 12.6. The van der Waals surface area contributed by atoms with Crippen LogP contribution in [0.4, 0.5) is 5.69 Å². The molecule has 3 rings (SSSR count). The van der Waals surface area contributed by atoms with Crippen LogP contribution in [0.5, 0.6) is 0 Å². The van der Waals surface area contributed by atoms with Gasteiger partial charge in [0.15, 0.2) is 0 Å². The summed E-state index contributed by atoms with van der Waals surface area (Å²) in [7, 11) is 0. The highest BCUT2D eigenvalue weighted by Gasteiger charge is 2.13. The second-order valence-electron chi connectivity index (χ2n) is 8.89. The van der Waals surface area contributed by atoms with E-state index in [4.69, 9.17) is 4.74 Å². The molecular formula is C29H33N3O2S. The van der Waals surface area contributed by atoms with Crippen molar-refractivity contribution in [3.8, 4) is 17.3 Å². The van der Waals surface area contributed by atoms with Crippen molar-refractivity contribution in [2.45, 2.75) is 52.9 Å². The molecule has 2 aromatic carbocycles. The lowest BCUT2D eigenvalue weighted by molar-refractivity contribution is 0.0499. The van der Waals surface area contributed by atoms with Crippen LogP contribution in [0.1, 0.15) is 67.4 Å². The molecule has 182 valence electrons. The van der Waals surface area contributed by atoms with Crippen LogP contribution in [0.25, 0.3) is 16.8 Å². The molecule has 1 heterocycles. The molecule has 0 radical (unpaired) electrons. The molecule has 0 aliphatic carbocycles. The molecule has 5 nitrogen and oxygen atoms in total. The van der Waals surface area contributed by atoms with Crippen molar-refractivity contribution >= 4 is 28.6 Å². The quantitative estimate of drug-likeness (QED) is 0.161. The van der Waals surface area contributed by atoms with E-state index in [0.717, 1.165) is 43.4 Å². The largest absolute Gasteiger partial charge is 0.462 e. The summed E-state index contributed by atoms with van der Waals surface area (Å²) in [6, 6.07) is 17.8. The molecule has 0 spiro atoms. The van der Waals surface area contributed by atoms with Gasteiger partial charge in [-0.2, -0.15) is 5.26 Å². The number of hydrogen-bond acceptors (Lipinski definition) is 6. The Labute approximate surface area is 212 Å². The molecule has 0 saturated carbocycles. The Bertz CT molecular complexity index is 1170. The number of anilines is 1. The molecule has 0 aliphatic heterocycles. The highest BCUT2D eigenvalue weighted by atomic mass is 32.1. The first kappa shape index (κ1) is 26.2. The molecule has 35 heavy (non-hydrogen) atoms. The number of unbranched alkanes of at least 4 members (excludes halogenated alkanes) is 3.